The predicted octanol–water partition coefficient (Wildman–Crippen LogP) is -0.535. The number of hydrogen-bond donors (Lipinski definition) is 2. The number of hydrogen-bond acceptors (Lipinski definition) is 7. The topological polar surface area (TPSA) is 109 Å². The molecule has 2 fully saturated rings. The molecule has 116 valence electrons. The van der Waals surface area contributed by atoms with Gasteiger partial charge in [0.05, 0.1) is 18.6 Å². The van der Waals surface area contributed by atoms with Crippen LogP contribution in [0.5, 0.6) is 0 Å². The van der Waals surface area contributed by atoms with Crippen LogP contribution in [0.3, 0.4) is 0 Å². The summed E-state index contributed by atoms with van der Waals surface area (Å²) in [6.07, 6.45) is 0.546. The molecule has 1 aromatic rings. The third-order valence-electron chi connectivity index (χ3n) is 4.34. The van der Waals surface area contributed by atoms with Crippen LogP contribution in [0.15, 0.2) is 9.32 Å². The molecule has 3 atom stereocenters. The van der Waals surface area contributed by atoms with E-state index in [0.29, 0.717) is 38.4 Å². The van der Waals surface area contributed by atoms with Crippen molar-refractivity contribution in [1.82, 2.24) is 15.0 Å². The number of aromatic nitrogens is 2. The molecule has 2 aliphatic rings. The second-order valence-electron chi connectivity index (χ2n) is 5.69. The molecule has 0 amide bonds. The third-order valence-corrected chi connectivity index (χ3v) is 4.34. The van der Waals surface area contributed by atoms with E-state index >= 15 is 0 Å². The molecule has 8 heteroatoms. The van der Waals surface area contributed by atoms with Crippen molar-refractivity contribution in [3.63, 3.8) is 0 Å². The number of H-pyrrole nitrogens is 1. The van der Waals surface area contributed by atoms with Gasteiger partial charge in [-0.05, 0) is 19.8 Å². The van der Waals surface area contributed by atoms with E-state index in [9.17, 15) is 14.7 Å². The Morgan fingerprint density at radius 3 is 2.90 bits per heavy atom. The van der Waals surface area contributed by atoms with Crippen molar-refractivity contribution >= 4 is 5.97 Å². The van der Waals surface area contributed by atoms with E-state index in [-0.39, 0.29) is 23.8 Å². The molecule has 0 unspecified atom stereocenters. The van der Waals surface area contributed by atoms with Crippen LogP contribution in [0.2, 0.25) is 0 Å². The molecule has 3 rings (SSSR count). The first-order valence-electron chi connectivity index (χ1n) is 7.23. The summed E-state index contributed by atoms with van der Waals surface area (Å²) >= 11 is 0. The minimum atomic E-state index is -0.549. The molecule has 2 heterocycles. The summed E-state index contributed by atoms with van der Waals surface area (Å²) in [4.78, 5) is 27.3. The highest BCUT2D eigenvalue weighted by molar-refractivity contribution is 5.73. The number of aromatic amines is 1. The first-order valence-corrected chi connectivity index (χ1v) is 7.23. The average molecular weight is 297 g/mol. The van der Waals surface area contributed by atoms with Crippen molar-refractivity contribution in [2.45, 2.75) is 37.8 Å². The molecule has 1 aromatic heterocycles. The summed E-state index contributed by atoms with van der Waals surface area (Å²) < 4.78 is 9.50. The van der Waals surface area contributed by atoms with Crippen LogP contribution in [0.1, 0.15) is 31.5 Å². The van der Waals surface area contributed by atoms with E-state index < -0.39 is 11.9 Å². The van der Waals surface area contributed by atoms with E-state index in [1.54, 1.807) is 6.92 Å². The van der Waals surface area contributed by atoms with Gasteiger partial charge in [-0.2, -0.15) is 0 Å². The molecule has 1 aliphatic carbocycles. The lowest BCUT2D eigenvalue weighted by Gasteiger charge is -2.43. The van der Waals surface area contributed by atoms with Crippen LogP contribution in [0.25, 0.3) is 0 Å². The molecular formula is C13H19N3O5. The number of carbonyl (C=O) groups excluding carboxylic acids is 1. The van der Waals surface area contributed by atoms with E-state index in [4.69, 9.17) is 4.74 Å². The lowest BCUT2D eigenvalue weighted by atomic mass is 9.95. The van der Waals surface area contributed by atoms with E-state index in [0.717, 1.165) is 0 Å². The van der Waals surface area contributed by atoms with Crippen molar-refractivity contribution in [2.75, 3.05) is 19.7 Å². The van der Waals surface area contributed by atoms with Crippen LogP contribution in [0, 0.1) is 5.92 Å². The Hall–Kier alpha value is -1.67. The molecule has 1 saturated heterocycles. The highest BCUT2D eigenvalue weighted by atomic mass is 16.5. The third kappa shape index (κ3) is 2.73. The summed E-state index contributed by atoms with van der Waals surface area (Å²) in [7, 11) is 0. The van der Waals surface area contributed by atoms with Crippen molar-refractivity contribution in [3.05, 3.63) is 16.4 Å². The van der Waals surface area contributed by atoms with Gasteiger partial charge in [0.2, 0.25) is 0 Å². The summed E-state index contributed by atoms with van der Waals surface area (Å²) in [5, 5.41) is 13.8. The number of rotatable bonds is 4. The zero-order valence-electron chi connectivity index (χ0n) is 11.8. The molecule has 0 aromatic carbocycles. The molecule has 1 aliphatic heterocycles. The van der Waals surface area contributed by atoms with Crippen LogP contribution in [-0.2, 0) is 9.53 Å². The van der Waals surface area contributed by atoms with Gasteiger partial charge in [-0.25, -0.2) is 4.79 Å². The van der Waals surface area contributed by atoms with E-state index in [1.165, 1.54) is 0 Å². The lowest BCUT2D eigenvalue weighted by molar-refractivity contribution is -0.148. The Morgan fingerprint density at radius 1 is 1.52 bits per heavy atom. The van der Waals surface area contributed by atoms with E-state index in [1.807, 2.05) is 0 Å². The Bertz CT molecular complexity index is 562. The van der Waals surface area contributed by atoms with Crippen molar-refractivity contribution < 1.29 is 19.2 Å². The maximum Gasteiger partial charge on any atom is 0.438 e. The zero-order chi connectivity index (χ0) is 15.0. The fourth-order valence-electron chi connectivity index (χ4n) is 3.21. The molecule has 0 bridgehead atoms. The van der Waals surface area contributed by atoms with Crippen molar-refractivity contribution in [2.24, 2.45) is 5.92 Å². The summed E-state index contributed by atoms with van der Waals surface area (Å²) in [5.74, 6) is -0.337. The van der Waals surface area contributed by atoms with Crippen molar-refractivity contribution in [3.8, 4) is 0 Å². The summed E-state index contributed by atoms with van der Waals surface area (Å²) in [6.45, 7) is 3.53. The van der Waals surface area contributed by atoms with Gasteiger partial charge in [0, 0.05) is 25.0 Å². The number of nitrogens with one attached hydrogen (secondary N) is 1. The molecule has 0 radical (unpaired) electrons. The minimum Gasteiger partial charge on any atom is -0.466 e. The van der Waals surface area contributed by atoms with Crippen LogP contribution < -0.4 is 5.76 Å². The number of esters is 1. The first-order chi connectivity index (χ1) is 10.1. The van der Waals surface area contributed by atoms with Crippen LogP contribution in [-0.4, -0.2) is 58.0 Å². The Morgan fingerprint density at radius 2 is 2.29 bits per heavy atom. The smallest absolute Gasteiger partial charge is 0.438 e. The van der Waals surface area contributed by atoms with E-state index in [2.05, 4.69) is 19.6 Å². The van der Waals surface area contributed by atoms with Gasteiger partial charge >= 0.3 is 11.7 Å². The normalized spacial score (nSPS) is 30.3. The standard InChI is InChI=1S/C13H19N3O5/c1-2-20-12(18)7-3-9(10(17)4-7)16-5-8(6-16)11-14-13(19)21-15-11/h7-10,17H,2-6H2,1H3,(H,14,15,19)/t7-,9-,10-/m0/s1. The highest BCUT2D eigenvalue weighted by Gasteiger charge is 2.45. The fraction of sp³-hybridized carbons (Fsp3) is 0.769. The summed E-state index contributed by atoms with van der Waals surface area (Å²) in [6, 6.07) is -0.0331. The number of aliphatic hydroxyl groups excluding tert-OH is 1. The Labute approximate surface area is 121 Å². The van der Waals surface area contributed by atoms with Gasteiger partial charge in [-0.3, -0.25) is 19.2 Å². The second-order valence-corrected chi connectivity index (χ2v) is 5.69. The average Bonchev–Trinajstić information content (AvgIpc) is 2.96. The Balaban J connectivity index is 1.55. The highest BCUT2D eigenvalue weighted by Crippen LogP contribution is 2.36. The number of aliphatic hydroxyl groups is 1. The summed E-state index contributed by atoms with van der Waals surface area (Å²) in [5.41, 5.74) is 0. The number of nitrogens with zero attached hydrogens (tertiary/aromatic N) is 2. The quantitative estimate of drug-likeness (QED) is 0.719. The SMILES string of the molecule is CCOC(=O)[C@@H]1C[C@H](O)[C@@H](N2CC(c3noc(=O)[nH]3)C2)C1. The fourth-order valence-corrected chi connectivity index (χ4v) is 3.21. The zero-order valence-corrected chi connectivity index (χ0v) is 11.8. The molecule has 21 heavy (non-hydrogen) atoms. The molecule has 1 saturated carbocycles. The second kappa shape index (κ2) is 5.61. The Kier molecular flexibility index (Phi) is 3.81. The molecule has 8 nitrogen and oxygen atoms in total. The number of carbonyl (C=O) groups is 1. The molecule has 2 N–H and O–H groups in total. The maximum absolute atomic E-state index is 11.7. The molecule has 0 spiro atoms. The van der Waals surface area contributed by atoms with Gasteiger partial charge < -0.3 is 9.84 Å². The monoisotopic (exact) mass is 297 g/mol. The van der Waals surface area contributed by atoms with Gasteiger partial charge in [-0.1, -0.05) is 5.16 Å². The van der Waals surface area contributed by atoms with Gasteiger partial charge in [0.25, 0.3) is 0 Å². The number of likely N-dealkylation sites (tertiary alicyclic amines) is 1. The van der Waals surface area contributed by atoms with Crippen molar-refractivity contribution in [1.29, 1.82) is 0 Å². The lowest BCUT2D eigenvalue weighted by Crippen LogP contribution is -2.53. The first kappa shape index (κ1) is 14.3. The van der Waals surface area contributed by atoms with Gasteiger partial charge in [0.1, 0.15) is 0 Å². The molecular weight excluding hydrogens is 278 g/mol. The minimum absolute atomic E-state index is 0.0331. The van der Waals surface area contributed by atoms with Gasteiger partial charge in [-0.15, -0.1) is 0 Å². The predicted molar refractivity (Wildman–Crippen MR) is 70.6 cm³/mol. The van der Waals surface area contributed by atoms with Crippen LogP contribution in [0.4, 0.5) is 0 Å². The number of ether oxygens (including phenoxy) is 1. The van der Waals surface area contributed by atoms with Crippen LogP contribution >= 0.6 is 0 Å². The largest absolute Gasteiger partial charge is 0.466 e. The maximum atomic E-state index is 11.7. The van der Waals surface area contributed by atoms with Gasteiger partial charge in [0.15, 0.2) is 5.82 Å².